The number of carbonyl (C=O) groups excluding carboxylic acids is 2. The number of likely N-dealkylation sites (tertiary alicyclic amines) is 1. The zero-order valence-electron chi connectivity index (χ0n) is 17.6. The number of nitrogens with zero attached hydrogens (tertiary/aromatic N) is 2. The van der Waals surface area contributed by atoms with E-state index in [1.165, 1.54) is 0 Å². The van der Waals surface area contributed by atoms with Crippen molar-refractivity contribution >= 4 is 21.8 Å². The van der Waals surface area contributed by atoms with E-state index in [0.29, 0.717) is 12.0 Å². The Morgan fingerprint density at radius 1 is 1.13 bits per heavy atom. The van der Waals surface area contributed by atoms with Crippen molar-refractivity contribution in [2.75, 3.05) is 32.7 Å². The molecule has 0 saturated carbocycles. The number of piperidine rings is 2. The van der Waals surface area contributed by atoms with E-state index >= 15 is 0 Å². The summed E-state index contributed by atoms with van der Waals surface area (Å²) in [5.41, 5.74) is 0. The minimum Gasteiger partial charge on any atom is -0.355 e. The topological polar surface area (TPSA) is 86.8 Å². The molecule has 2 fully saturated rings. The van der Waals surface area contributed by atoms with Gasteiger partial charge in [0.05, 0.1) is 0 Å². The van der Waals surface area contributed by atoms with Crippen LogP contribution in [0.1, 0.15) is 39.0 Å². The van der Waals surface area contributed by atoms with Crippen LogP contribution in [0.3, 0.4) is 0 Å². The van der Waals surface area contributed by atoms with E-state index in [1.807, 2.05) is 4.90 Å². The minimum absolute atomic E-state index is 0.0323. The predicted molar refractivity (Wildman–Crippen MR) is 110 cm³/mol. The summed E-state index contributed by atoms with van der Waals surface area (Å²) in [6.45, 7) is 3.97. The molecule has 2 aliphatic rings. The number of halogens is 2. The number of amides is 2. The summed E-state index contributed by atoms with van der Waals surface area (Å²) < 4.78 is 53.7. The van der Waals surface area contributed by atoms with Crippen LogP contribution in [0.5, 0.6) is 0 Å². The van der Waals surface area contributed by atoms with Crippen LogP contribution in [-0.4, -0.2) is 62.2 Å². The normalized spacial score (nSPS) is 21.1. The Kier molecular flexibility index (Phi) is 7.64. The molecule has 2 saturated heterocycles. The third kappa shape index (κ3) is 5.79. The van der Waals surface area contributed by atoms with Gasteiger partial charge in [0.15, 0.2) is 0 Å². The van der Waals surface area contributed by atoms with Crippen molar-refractivity contribution in [3.63, 3.8) is 0 Å². The van der Waals surface area contributed by atoms with Gasteiger partial charge in [0.2, 0.25) is 21.8 Å². The summed E-state index contributed by atoms with van der Waals surface area (Å²) in [5.74, 6) is -1.90. The van der Waals surface area contributed by atoms with Gasteiger partial charge in [-0.1, -0.05) is 6.92 Å². The Morgan fingerprint density at radius 3 is 2.52 bits per heavy atom. The molecule has 1 atom stereocenters. The van der Waals surface area contributed by atoms with Crippen molar-refractivity contribution in [3.8, 4) is 0 Å². The van der Waals surface area contributed by atoms with Gasteiger partial charge in [0.1, 0.15) is 16.5 Å². The smallest absolute Gasteiger partial charge is 0.246 e. The van der Waals surface area contributed by atoms with Gasteiger partial charge in [0, 0.05) is 45.1 Å². The van der Waals surface area contributed by atoms with Crippen molar-refractivity contribution in [2.45, 2.75) is 43.9 Å². The second kappa shape index (κ2) is 10.0. The maximum Gasteiger partial charge on any atom is 0.246 e. The number of benzene rings is 1. The standard InChI is InChI=1S/C21H29F2N3O4S/c1-15-3-2-10-25(14-15)20(27)6-9-24-21(28)16-7-11-26(12-8-16)31(29,30)19-13-17(22)4-5-18(19)23/h4-5,13,15-16H,2-3,6-12,14H2,1H3,(H,24,28). The average Bonchev–Trinajstić information content (AvgIpc) is 2.75. The predicted octanol–water partition coefficient (Wildman–Crippen LogP) is 2.13. The van der Waals surface area contributed by atoms with E-state index < -0.39 is 26.6 Å². The third-order valence-corrected chi connectivity index (χ3v) is 7.90. The van der Waals surface area contributed by atoms with Crippen LogP contribution < -0.4 is 5.32 Å². The molecule has 0 aromatic heterocycles. The zero-order chi connectivity index (χ0) is 22.6. The number of hydrogen-bond acceptors (Lipinski definition) is 4. The van der Waals surface area contributed by atoms with Crippen molar-refractivity contribution in [2.24, 2.45) is 11.8 Å². The molecule has 2 heterocycles. The first-order valence-corrected chi connectivity index (χ1v) is 12.1. The molecule has 10 heteroatoms. The highest BCUT2D eigenvalue weighted by molar-refractivity contribution is 7.89. The van der Waals surface area contributed by atoms with Crippen molar-refractivity contribution < 1.29 is 26.8 Å². The lowest BCUT2D eigenvalue weighted by molar-refractivity contribution is -0.133. The van der Waals surface area contributed by atoms with Gasteiger partial charge in [-0.05, 0) is 49.8 Å². The summed E-state index contributed by atoms with van der Waals surface area (Å²) in [6.07, 6.45) is 2.92. The van der Waals surface area contributed by atoms with Crippen LogP contribution in [0.25, 0.3) is 0 Å². The fourth-order valence-corrected chi connectivity index (χ4v) is 5.73. The van der Waals surface area contributed by atoms with Crippen molar-refractivity contribution in [3.05, 3.63) is 29.8 Å². The first-order valence-electron chi connectivity index (χ1n) is 10.7. The maximum absolute atomic E-state index is 13.9. The van der Waals surface area contributed by atoms with E-state index in [4.69, 9.17) is 0 Å². The summed E-state index contributed by atoms with van der Waals surface area (Å²) in [5, 5.41) is 2.77. The van der Waals surface area contributed by atoms with Crippen LogP contribution in [0.15, 0.2) is 23.1 Å². The quantitative estimate of drug-likeness (QED) is 0.709. The number of hydrogen-bond donors (Lipinski definition) is 1. The molecule has 0 spiro atoms. The molecule has 7 nitrogen and oxygen atoms in total. The Bertz CT molecular complexity index is 917. The van der Waals surface area contributed by atoms with E-state index in [9.17, 15) is 26.8 Å². The fourth-order valence-electron chi connectivity index (χ4n) is 4.18. The highest BCUT2D eigenvalue weighted by Crippen LogP contribution is 2.26. The Hall–Kier alpha value is -2.07. The minimum atomic E-state index is -4.17. The van der Waals surface area contributed by atoms with Gasteiger partial charge < -0.3 is 10.2 Å². The molecule has 0 bridgehead atoms. The van der Waals surface area contributed by atoms with Gasteiger partial charge in [0.25, 0.3) is 0 Å². The summed E-state index contributed by atoms with van der Waals surface area (Å²) in [7, 11) is -4.17. The molecular weight excluding hydrogens is 428 g/mol. The van der Waals surface area contributed by atoms with E-state index in [-0.39, 0.29) is 56.6 Å². The molecule has 2 amide bonds. The number of rotatable bonds is 6. The number of sulfonamides is 1. The summed E-state index contributed by atoms with van der Waals surface area (Å²) in [6, 6.07) is 2.32. The molecule has 1 unspecified atom stereocenters. The van der Waals surface area contributed by atoms with Crippen LogP contribution in [0.4, 0.5) is 8.78 Å². The average molecular weight is 458 g/mol. The second-order valence-electron chi connectivity index (χ2n) is 8.38. The molecule has 1 aromatic carbocycles. The molecule has 1 N–H and O–H groups in total. The van der Waals surface area contributed by atoms with E-state index in [1.54, 1.807) is 0 Å². The van der Waals surface area contributed by atoms with Gasteiger partial charge in [-0.2, -0.15) is 4.31 Å². The first kappa shape index (κ1) is 23.6. The van der Waals surface area contributed by atoms with Gasteiger partial charge in [-0.3, -0.25) is 9.59 Å². The third-order valence-electron chi connectivity index (χ3n) is 5.98. The van der Waals surface area contributed by atoms with Gasteiger partial charge >= 0.3 is 0 Å². The molecule has 1 aromatic rings. The van der Waals surface area contributed by atoms with Crippen LogP contribution >= 0.6 is 0 Å². The van der Waals surface area contributed by atoms with Crippen molar-refractivity contribution in [1.82, 2.24) is 14.5 Å². The lowest BCUT2D eigenvalue weighted by Crippen LogP contribution is -2.44. The van der Waals surface area contributed by atoms with Crippen molar-refractivity contribution in [1.29, 1.82) is 0 Å². The molecule has 3 rings (SSSR count). The summed E-state index contributed by atoms with van der Waals surface area (Å²) in [4.78, 5) is 25.9. The zero-order valence-corrected chi connectivity index (χ0v) is 18.5. The molecule has 0 aliphatic carbocycles. The molecule has 31 heavy (non-hydrogen) atoms. The molecular formula is C21H29F2N3O4S. The summed E-state index contributed by atoms with van der Waals surface area (Å²) >= 11 is 0. The van der Waals surface area contributed by atoms with E-state index in [0.717, 1.165) is 42.4 Å². The highest BCUT2D eigenvalue weighted by Gasteiger charge is 2.33. The Balaban J connectivity index is 1.46. The number of carbonyl (C=O) groups is 2. The van der Waals surface area contributed by atoms with E-state index in [2.05, 4.69) is 12.2 Å². The molecule has 0 radical (unpaired) electrons. The monoisotopic (exact) mass is 457 g/mol. The SMILES string of the molecule is CC1CCCN(C(=O)CCNC(=O)C2CCN(S(=O)(=O)c3cc(F)ccc3F)CC2)C1. The van der Waals surface area contributed by atoms with Crippen LogP contribution in [-0.2, 0) is 19.6 Å². The lowest BCUT2D eigenvalue weighted by Gasteiger charge is -2.31. The maximum atomic E-state index is 13.9. The second-order valence-corrected chi connectivity index (χ2v) is 10.3. The van der Waals surface area contributed by atoms with Crippen LogP contribution in [0, 0.1) is 23.5 Å². The highest BCUT2D eigenvalue weighted by atomic mass is 32.2. The molecule has 2 aliphatic heterocycles. The lowest BCUT2D eigenvalue weighted by atomic mass is 9.97. The Labute approximate surface area is 181 Å². The fraction of sp³-hybridized carbons (Fsp3) is 0.619. The van der Waals surface area contributed by atoms with Crippen LogP contribution in [0.2, 0.25) is 0 Å². The largest absolute Gasteiger partial charge is 0.355 e. The number of nitrogens with one attached hydrogen (secondary N) is 1. The first-order chi connectivity index (χ1) is 14.7. The molecule has 172 valence electrons. The van der Waals surface area contributed by atoms with Gasteiger partial charge in [-0.15, -0.1) is 0 Å². The Morgan fingerprint density at radius 2 is 1.84 bits per heavy atom. The van der Waals surface area contributed by atoms with Gasteiger partial charge in [-0.25, -0.2) is 17.2 Å².